The van der Waals surface area contributed by atoms with Gasteiger partial charge in [-0.15, -0.1) is 0 Å². The Morgan fingerprint density at radius 3 is 2.72 bits per heavy atom. The molecule has 10 nitrogen and oxygen atoms in total. The summed E-state index contributed by atoms with van der Waals surface area (Å²) >= 11 is 0. The minimum atomic E-state index is -0.513. The van der Waals surface area contributed by atoms with Gasteiger partial charge in [-0.1, -0.05) is 18.1 Å². The summed E-state index contributed by atoms with van der Waals surface area (Å²) in [7, 11) is 0. The molecule has 3 N–H and O–H groups in total. The molecule has 0 aliphatic carbocycles. The van der Waals surface area contributed by atoms with Crippen molar-refractivity contribution in [1.29, 1.82) is 0 Å². The molecule has 0 spiro atoms. The molecule has 0 saturated carbocycles. The highest BCUT2D eigenvalue weighted by molar-refractivity contribution is 6.02. The predicted molar refractivity (Wildman–Crippen MR) is 115 cm³/mol. The van der Waals surface area contributed by atoms with Gasteiger partial charge in [0.25, 0.3) is 5.91 Å². The van der Waals surface area contributed by atoms with E-state index >= 15 is 0 Å². The Balaban J connectivity index is 1.63. The average Bonchev–Trinajstić information content (AvgIpc) is 3.45. The molecule has 10 heteroatoms. The first-order valence-corrected chi connectivity index (χ1v) is 10.6. The molecule has 0 bridgehead atoms. The number of Topliss-reactive ketones (excluding diaryl/α,β-unsaturated/α-hetero) is 1. The monoisotopic (exact) mass is 439 g/mol. The number of benzene rings is 1. The number of aryl methyl sites for hydroxylation is 1. The minimum Gasteiger partial charge on any atom is -0.381 e. The summed E-state index contributed by atoms with van der Waals surface area (Å²) in [4.78, 5) is 41.3. The van der Waals surface area contributed by atoms with E-state index in [1.54, 1.807) is 4.57 Å². The summed E-state index contributed by atoms with van der Waals surface area (Å²) in [5, 5.41) is 6.23. The number of carbonyl (C=O) groups is 3. The Hall–Kier alpha value is -3.53. The zero-order valence-corrected chi connectivity index (χ0v) is 17.7. The van der Waals surface area contributed by atoms with Crippen molar-refractivity contribution in [2.45, 2.75) is 38.6 Å². The van der Waals surface area contributed by atoms with E-state index in [0.29, 0.717) is 24.2 Å². The van der Waals surface area contributed by atoms with Gasteiger partial charge in [-0.2, -0.15) is 0 Å². The highest BCUT2D eigenvalue weighted by atomic mass is 16.5. The molecule has 1 saturated heterocycles. The van der Waals surface area contributed by atoms with E-state index in [2.05, 4.69) is 15.5 Å². The Labute approximate surface area is 184 Å². The van der Waals surface area contributed by atoms with E-state index in [0.717, 1.165) is 18.4 Å². The molecule has 1 aromatic carbocycles. The maximum Gasteiger partial charge on any atom is 0.296 e. The number of amides is 2. The maximum absolute atomic E-state index is 13.0. The lowest BCUT2D eigenvalue weighted by atomic mass is 9.84. The molecule has 32 heavy (non-hydrogen) atoms. The number of fused-ring (bicyclic) bond motifs is 1. The number of nitrogens with zero attached hydrogens (tertiary/aromatic N) is 3. The molecule has 168 valence electrons. The lowest BCUT2D eigenvalue weighted by molar-refractivity contribution is -0.126. The van der Waals surface area contributed by atoms with Crippen molar-refractivity contribution < 1.29 is 23.6 Å². The lowest BCUT2D eigenvalue weighted by Crippen LogP contribution is -2.26. The second kappa shape index (κ2) is 9.31. The summed E-state index contributed by atoms with van der Waals surface area (Å²) in [5.74, 6) is -0.782. The average molecular weight is 439 g/mol. The molecule has 1 aliphatic heterocycles. The molecular formula is C22H25N5O5. The fraction of sp³-hybridized carbons (Fsp3) is 0.409. The lowest BCUT2D eigenvalue weighted by Gasteiger charge is -2.24. The third-order valence-corrected chi connectivity index (χ3v) is 5.79. The van der Waals surface area contributed by atoms with Crippen molar-refractivity contribution in [2.24, 2.45) is 11.7 Å². The summed E-state index contributed by atoms with van der Waals surface area (Å²) in [6.45, 7) is 3.37. The number of nitrogens with two attached hydrogens (primary N) is 1. The largest absolute Gasteiger partial charge is 0.381 e. The SMILES string of the molecule is CC(C(=O)C1CCOCC1)c1ccc2c(c1)nc(NC(=O)c1ccno1)n2CCC(N)=O. The highest BCUT2D eigenvalue weighted by Crippen LogP contribution is 2.29. The van der Waals surface area contributed by atoms with Crippen molar-refractivity contribution >= 4 is 34.6 Å². The van der Waals surface area contributed by atoms with Crippen LogP contribution in [0.4, 0.5) is 5.95 Å². The Morgan fingerprint density at radius 1 is 1.25 bits per heavy atom. The standard InChI is InChI=1S/C22H25N5O5/c1-13(20(29)14-6-10-31-11-7-14)15-2-3-17-16(12-15)25-22(27(17)9-5-19(23)28)26-21(30)18-4-8-24-32-18/h2-4,8,12-14H,5-7,9-11H2,1H3,(H2,23,28)(H,25,26,30). The van der Waals surface area contributed by atoms with Crippen LogP contribution in [-0.2, 0) is 20.9 Å². The number of ketones is 1. The van der Waals surface area contributed by atoms with Crippen LogP contribution < -0.4 is 11.1 Å². The topological polar surface area (TPSA) is 142 Å². The summed E-state index contributed by atoms with van der Waals surface area (Å²) in [6.07, 6.45) is 2.93. The zero-order valence-electron chi connectivity index (χ0n) is 17.7. The van der Waals surface area contributed by atoms with Crippen LogP contribution in [0.3, 0.4) is 0 Å². The molecule has 4 rings (SSSR count). The first kappa shape index (κ1) is 21.7. The second-order valence-corrected chi connectivity index (χ2v) is 7.89. The van der Waals surface area contributed by atoms with Crippen LogP contribution in [0.15, 0.2) is 35.0 Å². The Bertz CT molecular complexity index is 1130. The van der Waals surface area contributed by atoms with Crippen LogP contribution >= 0.6 is 0 Å². The van der Waals surface area contributed by atoms with Gasteiger partial charge in [-0.3, -0.25) is 19.7 Å². The fourth-order valence-corrected chi connectivity index (χ4v) is 3.96. The molecular weight excluding hydrogens is 414 g/mol. The van der Waals surface area contributed by atoms with Gasteiger partial charge in [0.15, 0.2) is 0 Å². The number of primary amides is 1. The van der Waals surface area contributed by atoms with Gasteiger partial charge in [0, 0.05) is 44.1 Å². The number of imidazole rings is 1. The van der Waals surface area contributed by atoms with Crippen LogP contribution in [-0.4, -0.2) is 45.5 Å². The van der Waals surface area contributed by atoms with Gasteiger partial charge in [0.05, 0.1) is 17.2 Å². The molecule has 2 amide bonds. The third-order valence-electron chi connectivity index (χ3n) is 5.79. The minimum absolute atomic E-state index is 0.000625. The van der Waals surface area contributed by atoms with Crippen molar-refractivity contribution in [3.63, 3.8) is 0 Å². The summed E-state index contributed by atoms with van der Waals surface area (Å²) < 4.78 is 12.0. The van der Waals surface area contributed by atoms with E-state index in [-0.39, 0.29) is 42.3 Å². The van der Waals surface area contributed by atoms with Crippen LogP contribution in [0.1, 0.15) is 48.2 Å². The number of nitrogens with one attached hydrogen (secondary N) is 1. The summed E-state index contributed by atoms with van der Waals surface area (Å²) in [6, 6.07) is 7.01. The third kappa shape index (κ3) is 4.54. The molecule has 3 heterocycles. The Morgan fingerprint density at radius 2 is 2.03 bits per heavy atom. The van der Waals surface area contributed by atoms with Crippen molar-refractivity contribution in [2.75, 3.05) is 18.5 Å². The van der Waals surface area contributed by atoms with Gasteiger partial charge in [-0.05, 0) is 30.5 Å². The molecule has 2 aromatic heterocycles. The Kier molecular flexibility index (Phi) is 6.31. The fourth-order valence-electron chi connectivity index (χ4n) is 3.96. The molecule has 1 aliphatic rings. The highest BCUT2D eigenvalue weighted by Gasteiger charge is 2.27. The van der Waals surface area contributed by atoms with E-state index in [9.17, 15) is 14.4 Å². The van der Waals surface area contributed by atoms with Gasteiger partial charge in [-0.25, -0.2) is 4.98 Å². The second-order valence-electron chi connectivity index (χ2n) is 7.89. The molecule has 0 radical (unpaired) electrons. The first-order valence-electron chi connectivity index (χ1n) is 10.6. The van der Waals surface area contributed by atoms with E-state index < -0.39 is 11.8 Å². The molecule has 1 atom stereocenters. The zero-order chi connectivity index (χ0) is 22.7. The van der Waals surface area contributed by atoms with Crippen molar-refractivity contribution in [3.05, 3.63) is 41.8 Å². The number of hydrogen-bond acceptors (Lipinski definition) is 7. The summed E-state index contributed by atoms with van der Waals surface area (Å²) in [5.41, 5.74) is 7.49. The van der Waals surface area contributed by atoms with Crippen LogP contribution in [0.5, 0.6) is 0 Å². The van der Waals surface area contributed by atoms with Gasteiger partial charge < -0.3 is 19.6 Å². The normalized spacial score (nSPS) is 15.5. The van der Waals surface area contributed by atoms with E-state index in [1.807, 2.05) is 25.1 Å². The molecule has 3 aromatic rings. The number of rotatable bonds is 8. The van der Waals surface area contributed by atoms with Crippen LogP contribution in [0.2, 0.25) is 0 Å². The predicted octanol–water partition coefficient (Wildman–Crippen LogP) is 2.25. The van der Waals surface area contributed by atoms with E-state index in [1.165, 1.54) is 12.3 Å². The maximum atomic E-state index is 13.0. The van der Waals surface area contributed by atoms with Gasteiger partial charge in [0.2, 0.25) is 17.6 Å². The van der Waals surface area contributed by atoms with Crippen molar-refractivity contribution in [1.82, 2.24) is 14.7 Å². The molecule has 1 unspecified atom stereocenters. The quantitative estimate of drug-likeness (QED) is 0.548. The van der Waals surface area contributed by atoms with Crippen LogP contribution in [0, 0.1) is 5.92 Å². The number of anilines is 1. The molecule has 1 fully saturated rings. The number of ether oxygens (including phenoxy) is 1. The first-order chi connectivity index (χ1) is 15.4. The smallest absolute Gasteiger partial charge is 0.296 e. The van der Waals surface area contributed by atoms with Crippen molar-refractivity contribution in [3.8, 4) is 0 Å². The number of aromatic nitrogens is 3. The number of carbonyl (C=O) groups excluding carboxylic acids is 3. The van der Waals surface area contributed by atoms with E-state index in [4.69, 9.17) is 15.0 Å². The van der Waals surface area contributed by atoms with Gasteiger partial charge in [0.1, 0.15) is 5.78 Å². The number of hydrogen-bond donors (Lipinski definition) is 2. The van der Waals surface area contributed by atoms with Gasteiger partial charge >= 0.3 is 0 Å². The van der Waals surface area contributed by atoms with Crippen LogP contribution in [0.25, 0.3) is 11.0 Å².